The Balaban J connectivity index is 0. The molecule has 0 aliphatic heterocycles. The first-order chi connectivity index (χ1) is 3.93. The average Bonchev–Trinajstić information content (AvgIpc) is 1.90. The van der Waals surface area contributed by atoms with Crippen LogP contribution in [0, 0.1) is 12.3 Å². The van der Waals surface area contributed by atoms with Crippen molar-refractivity contribution in [2.24, 2.45) is 5.92 Å². The fraction of sp³-hybridized carbons (Fsp3) is 0.875. The van der Waals surface area contributed by atoms with E-state index in [1.807, 2.05) is 0 Å². The zero-order valence-corrected chi connectivity index (χ0v) is 9.78. The van der Waals surface area contributed by atoms with Crippen LogP contribution in [0.5, 0.6) is 0 Å². The number of rotatable bonds is 1. The molecule has 0 saturated heterocycles. The van der Waals surface area contributed by atoms with Crippen LogP contribution in [0.3, 0.4) is 0 Å². The van der Waals surface area contributed by atoms with E-state index in [0.717, 1.165) is 5.92 Å². The molecular weight excluding hydrogens is 200 g/mol. The van der Waals surface area contributed by atoms with Crippen molar-refractivity contribution in [1.82, 2.24) is 0 Å². The summed E-state index contributed by atoms with van der Waals surface area (Å²) in [4.78, 5) is 0. The molecule has 0 amide bonds. The molecule has 1 fully saturated rings. The molecule has 1 rings (SSSR count). The molecule has 2 heteroatoms. The minimum atomic E-state index is 0. The molecule has 56 valence electrons. The van der Waals surface area contributed by atoms with Crippen molar-refractivity contribution in [3.63, 3.8) is 0 Å². The van der Waals surface area contributed by atoms with Crippen molar-refractivity contribution in [3.8, 4) is 0 Å². The van der Waals surface area contributed by atoms with Crippen molar-refractivity contribution in [2.45, 2.75) is 39.0 Å². The van der Waals surface area contributed by atoms with E-state index in [1.165, 1.54) is 32.1 Å². The molecule has 0 atom stereocenters. The van der Waals surface area contributed by atoms with Crippen molar-refractivity contribution in [2.75, 3.05) is 0 Å². The van der Waals surface area contributed by atoms with Crippen LogP contribution in [-0.4, -0.2) is 23.1 Å². The monoisotopic (exact) mass is 214 g/mol. The normalized spacial score (nSPS) is 18.9. The summed E-state index contributed by atoms with van der Waals surface area (Å²) in [5.41, 5.74) is 0. The molecule has 0 unspecified atom stereocenters. The largest absolute Gasteiger partial charge is 2.00 e. The van der Waals surface area contributed by atoms with Gasteiger partial charge in [0, 0.05) is 0 Å². The number of hydrogen-bond donors (Lipinski definition) is 0. The number of halogens is 1. The van der Waals surface area contributed by atoms with Crippen molar-refractivity contribution in [1.29, 1.82) is 0 Å². The predicted molar refractivity (Wildman–Crippen MR) is 42.3 cm³/mol. The molecule has 0 aromatic carbocycles. The van der Waals surface area contributed by atoms with Gasteiger partial charge in [-0.3, -0.25) is 0 Å². The van der Waals surface area contributed by atoms with Gasteiger partial charge in [0.25, 0.3) is 0 Å². The van der Waals surface area contributed by atoms with Gasteiger partial charge < -0.3 is 23.4 Å². The topological polar surface area (TPSA) is 0 Å². The molecule has 1 saturated carbocycles. The maximum Gasteiger partial charge on any atom is 2.00 e. The first-order valence-electron chi connectivity index (χ1n) is 3.75. The standard InChI is InChI=1S/C8H15.BrH.Mg/c1-2-8-6-4-3-5-7-8;;/h3,8H,2,4-7H2,1H3;1H;/q-1;;+2/p-1. The summed E-state index contributed by atoms with van der Waals surface area (Å²) in [7, 11) is 0. The molecule has 0 bridgehead atoms. The second-order valence-corrected chi connectivity index (χ2v) is 2.72. The van der Waals surface area contributed by atoms with E-state index in [9.17, 15) is 0 Å². The van der Waals surface area contributed by atoms with E-state index in [4.69, 9.17) is 0 Å². The smallest absolute Gasteiger partial charge is 1.00 e. The Hall–Kier alpha value is 1.25. The maximum absolute atomic E-state index is 2.42. The molecule has 0 nitrogen and oxygen atoms in total. The van der Waals surface area contributed by atoms with E-state index in [1.54, 1.807) is 0 Å². The molecule has 1 aliphatic rings. The summed E-state index contributed by atoms with van der Waals surface area (Å²) in [5, 5.41) is 0. The Morgan fingerprint density at radius 3 is 2.10 bits per heavy atom. The van der Waals surface area contributed by atoms with Gasteiger partial charge in [-0.15, -0.1) is 0 Å². The van der Waals surface area contributed by atoms with E-state index >= 15 is 0 Å². The number of hydrogen-bond acceptors (Lipinski definition) is 0. The third-order valence-corrected chi connectivity index (χ3v) is 2.14. The molecule has 0 spiro atoms. The second-order valence-electron chi connectivity index (χ2n) is 2.72. The summed E-state index contributed by atoms with van der Waals surface area (Å²) in [6.07, 6.45) is 9.48. The SMILES string of the molecule is CCC1CC[CH-]CC1.[Br-].[Mg+2]. The van der Waals surface area contributed by atoms with Crippen LogP contribution in [0.4, 0.5) is 0 Å². The zero-order chi connectivity index (χ0) is 5.82. The summed E-state index contributed by atoms with van der Waals surface area (Å²) in [6, 6.07) is 0. The molecular formula is C8H15BrMg. The van der Waals surface area contributed by atoms with Gasteiger partial charge in [0.05, 0.1) is 0 Å². The van der Waals surface area contributed by atoms with Gasteiger partial charge in [0.15, 0.2) is 0 Å². The van der Waals surface area contributed by atoms with Crippen molar-refractivity contribution in [3.05, 3.63) is 6.42 Å². The molecule has 0 heterocycles. The molecule has 0 aromatic rings. The van der Waals surface area contributed by atoms with Gasteiger partial charge >= 0.3 is 23.1 Å². The zero-order valence-electron chi connectivity index (χ0n) is 6.78. The Morgan fingerprint density at radius 1 is 1.30 bits per heavy atom. The Bertz CT molecular complexity index is 60.3. The Morgan fingerprint density at radius 2 is 1.80 bits per heavy atom. The van der Waals surface area contributed by atoms with Gasteiger partial charge in [0.1, 0.15) is 0 Å². The van der Waals surface area contributed by atoms with Crippen molar-refractivity contribution >= 4 is 23.1 Å². The molecule has 1 aliphatic carbocycles. The molecule has 0 aromatic heterocycles. The third-order valence-electron chi connectivity index (χ3n) is 2.14. The van der Waals surface area contributed by atoms with Gasteiger partial charge in [-0.2, -0.15) is 12.8 Å². The third kappa shape index (κ3) is 4.97. The van der Waals surface area contributed by atoms with Crippen LogP contribution in [0.25, 0.3) is 0 Å². The van der Waals surface area contributed by atoms with Gasteiger partial charge in [-0.05, 0) is 5.92 Å². The van der Waals surface area contributed by atoms with E-state index in [-0.39, 0.29) is 40.0 Å². The van der Waals surface area contributed by atoms with Crippen LogP contribution in [0.15, 0.2) is 0 Å². The van der Waals surface area contributed by atoms with Crippen LogP contribution < -0.4 is 17.0 Å². The fourth-order valence-electron chi connectivity index (χ4n) is 1.40. The molecule has 0 N–H and O–H groups in total. The first kappa shape index (κ1) is 13.8. The van der Waals surface area contributed by atoms with E-state index in [0.29, 0.717) is 0 Å². The summed E-state index contributed by atoms with van der Waals surface area (Å²) in [6.45, 7) is 2.30. The van der Waals surface area contributed by atoms with E-state index < -0.39 is 0 Å². The Kier molecular flexibility index (Phi) is 11.5. The fourth-order valence-corrected chi connectivity index (χ4v) is 1.40. The summed E-state index contributed by atoms with van der Waals surface area (Å²) in [5.74, 6) is 1.06. The average molecular weight is 215 g/mol. The van der Waals surface area contributed by atoms with Gasteiger partial charge in [0.2, 0.25) is 0 Å². The van der Waals surface area contributed by atoms with E-state index in [2.05, 4.69) is 13.3 Å². The van der Waals surface area contributed by atoms with Crippen LogP contribution in [0.1, 0.15) is 39.0 Å². The maximum atomic E-state index is 2.42. The van der Waals surface area contributed by atoms with Crippen LogP contribution in [0.2, 0.25) is 0 Å². The second kappa shape index (κ2) is 8.34. The Labute approximate surface area is 91.1 Å². The van der Waals surface area contributed by atoms with Crippen LogP contribution >= 0.6 is 0 Å². The van der Waals surface area contributed by atoms with Crippen molar-refractivity contribution < 1.29 is 17.0 Å². The molecule has 10 heavy (non-hydrogen) atoms. The molecule has 0 radical (unpaired) electrons. The predicted octanol–water partition coefficient (Wildman–Crippen LogP) is -0.586. The quantitative estimate of drug-likeness (QED) is 0.405. The first-order valence-corrected chi connectivity index (χ1v) is 3.75. The minimum Gasteiger partial charge on any atom is -1.00 e. The van der Waals surface area contributed by atoms with Gasteiger partial charge in [-0.25, -0.2) is 0 Å². The summed E-state index contributed by atoms with van der Waals surface area (Å²) < 4.78 is 0. The summed E-state index contributed by atoms with van der Waals surface area (Å²) >= 11 is 0. The minimum absolute atomic E-state index is 0. The van der Waals surface area contributed by atoms with Crippen LogP contribution in [-0.2, 0) is 0 Å². The van der Waals surface area contributed by atoms with Gasteiger partial charge in [-0.1, -0.05) is 26.2 Å².